The van der Waals surface area contributed by atoms with E-state index in [4.69, 9.17) is 0 Å². The number of hydrogen-bond donors (Lipinski definition) is 0. The number of nitrogens with zero attached hydrogens (tertiary/aromatic N) is 3. The van der Waals surface area contributed by atoms with Crippen LogP contribution in [-0.2, 0) is 0 Å². The second-order valence-corrected chi connectivity index (χ2v) is 5.29. The van der Waals surface area contributed by atoms with Gasteiger partial charge in [-0.05, 0) is 68.5 Å². The van der Waals surface area contributed by atoms with E-state index < -0.39 is 0 Å². The highest BCUT2D eigenvalue weighted by Crippen LogP contribution is 2.26. The van der Waals surface area contributed by atoms with Crippen LogP contribution in [0.5, 0.6) is 0 Å². The van der Waals surface area contributed by atoms with Crippen LogP contribution in [0.2, 0.25) is 0 Å². The molecule has 96 valence electrons. The van der Waals surface area contributed by atoms with Crippen molar-refractivity contribution in [2.45, 2.75) is 20.3 Å². The van der Waals surface area contributed by atoms with E-state index in [1.807, 2.05) is 12.3 Å². The first-order valence-electron chi connectivity index (χ1n) is 6.07. The maximum atomic E-state index is 4.47. The third-order valence-electron chi connectivity index (χ3n) is 2.78. The molecule has 0 N–H and O–H groups in total. The van der Waals surface area contributed by atoms with Crippen LogP contribution in [0, 0.1) is 6.92 Å². The molecule has 1 heterocycles. The summed E-state index contributed by atoms with van der Waals surface area (Å²) in [6, 6.07) is 2.03. The van der Waals surface area contributed by atoms with Gasteiger partial charge in [0.1, 0.15) is 5.82 Å². The molecule has 0 aliphatic carbocycles. The number of anilines is 1. The zero-order valence-corrected chi connectivity index (χ0v) is 12.8. The number of hydrogen-bond acceptors (Lipinski definition) is 3. The minimum absolute atomic E-state index is 0.989. The van der Waals surface area contributed by atoms with Crippen LogP contribution >= 0.6 is 15.9 Å². The van der Waals surface area contributed by atoms with E-state index >= 15 is 0 Å². The lowest BCUT2D eigenvalue weighted by Crippen LogP contribution is -2.28. The van der Waals surface area contributed by atoms with Gasteiger partial charge in [-0.2, -0.15) is 0 Å². The highest BCUT2D eigenvalue weighted by Gasteiger charge is 2.11. The Morgan fingerprint density at radius 3 is 2.59 bits per heavy atom. The highest BCUT2D eigenvalue weighted by atomic mass is 79.9. The second kappa shape index (κ2) is 6.97. The SMILES string of the molecule is CCN(CCCN(C)C)c1nccc(C)c1Br. The van der Waals surface area contributed by atoms with Crippen molar-refractivity contribution in [1.82, 2.24) is 9.88 Å². The van der Waals surface area contributed by atoms with Crippen LogP contribution in [0.4, 0.5) is 5.82 Å². The molecule has 0 amide bonds. The van der Waals surface area contributed by atoms with Crippen LogP contribution in [0.1, 0.15) is 18.9 Å². The fourth-order valence-corrected chi connectivity index (χ4v) is 2.22. The minimum Gasteiger partial charge on any atom is -0.356 e. The van der Waals surface area contributed by atoms with Crippen molar-refractivity contribution in [3.8, 4) is 0 Å². The summed E-state index contributed by atoms with van der Waals surface area (Å²) in [7, 11) is 4.22. The summed E-state index contributed by atoms with van der Waals surface area (Å²) in [5.41, 5.74) is 1.24. The third kappa shape index (κ3) is 4.28. The molecule has 1 aromatic rings. The van der Waals surface area contributed by atoms with Crippen LogP contribution in [0.3, 0.4) is 0 Å². The lowest BCUT2D eigenvalue weighted by atomic mass is 10.2. The van der Waals surface area contributed by atoms with Gasteiger partial charge in [-0.3, -0.25) is 0 Å². The molecule has 0 saturated heterocycles. The lowest BCUT2D eigenvalue weighted by Gasteiger charge is -2.24. The average Bonchev–Trinajstić information content (AvgIpc) is 2.28. The summed E-state index contributed by atoms with van der Waals surface area (Å²) >= 11 is 3.63. The summed E-state index contributed by atoms with van der Waals surface area (Å²) < 4.78 is 1.12. The van der Waals surface area contributed by atoms with Crippen molar-refractivity contribution in [2.75, 3.05) is 38.6 Å². The lowest BCUT2D eigenvalue weighted by molar-refractivity contribution is 0.400. The molecule has 0 aromatic carbocycles. The molecule has 0 saturated carbocycles. The monoisotopic (exact) mass is 299 g/mol. The molecule has 4 heteroatoms. The first-order valence-corrected chi connectivity index (χ1v) is 6.86. The van der Waals surface area contributed by atoms with E-state index in [0.717, 1.165) is 36.3 Å². The number of aromatic nitrogens is 1. The molecule has 0 aliphatic heterocycles. The normalized spacial score (nSPS) is 10.9. The van der Waals surface area contributed by atoms with Crippen LogP contribution < -0.4 is 4.90 Å². The minimum atomic E-state index is 0.989. The zero-order valence-electron chi connectivity index (χ0n) is 11.2. The molecule has 3 nitrogen and oxygen atoms in total. The van der Waals surface area contributed by atoms with Crippen molar-refractivity contribution in [1.29, 1.82) is 0 Å². The summed E-state index contributed by atoms with van der Waals surface area (Å²) in [6.45, 7) is 7.42. The van der Waals surface area contributed by atoms with Gasteiger partial charge >= 0.3 is 0 Å². The van der Waals surface area contributed by atoms with E-state index in [-0.39, 0.29) is 0 Å². The Kier molecular flexibility index (Phi) is 5.92. The van der Waals surface area contributed by atoms with Crippen LogP contribution in [0.15, 0.2) is 16.7 Å². The van der Waals surface area contributed by atoms with Crippen molar-refractivity contribution < 1.29 is 0 Å². The maximum Gasteiger partial charge on any atom is 0.143 e. The van der Waals surface area contributed by atoms with Gasteiger partial charge < -0.3 is 9.80 Å². The molecule has 0 bridgehead atoms. The Hall–Kier alpha value is -0.610. The Morgan fingerprint density at radius 1 is 1.29 bits per heavy atom. The van der Waals surface area contributed by atoms with E-state index in [1.54, 1.807) is 0 Å². The van der Waals surface area contributed by atoms with E-state index in [9.17, 15) is 0 Å². The zero-order chi connectivity index (χ0) is 12.8. The van der Waals surface area contributed by atoms with E-state index in [0.29, 0.717) is 0 Å². The average molecular weight is 300 g/mol. The largest absolute Gasteiger partial charge is 0.356 e. The van der Waals surface area contributed by atoms with Crippen molar-refractivity contribution >= 4 is 21.7 Å². The fourth-order valence-electron chi connectivity index (χ4n) is 1.74. The number of pyridine rings is 1. The van der Waals surface area contributed by atoms with E-state index in [2.05, 4.69) is 58.7 Å². The van der Waals surface area contributed by atoms with Crippen LogP contribution in [0.25, 0.3) is 0 Å². The molecule has 0 radical (unpaired) electrons. The summed E-state index contributed by atoms with van der Waals surface area (Å²) in [5.74, 6) is 1.06. The Labute approximate surface area is 113 Å². The predicted molar refractivity (Wildman–Crippen MR) is 77.7 cm³/mol. The molecule has 0 atom stereocenters. The standard InChI is InChI=1S/C13H22BrN3/c1-5-17(10-6-9-16(3)4)13-12(14)11(2)7-8-15-13/h7-8H,5-6,9-10H2,1-4H3. The van der Waals surface area contributed by atoms with E-state index in [1.165, 1.54) is 5.56 Å². The first-order chi connectivity index (χ1) is 8.06. The van der Waals surface area contributed by atoms with Gasteiger partial charge in [-0.1, -0.05) is 0 Å². The van der Waals surface area contributed by atoms with Gasteiger partial charge in [-0.25, -0.2) is 4.98 Å². The molecule has 1 aromatic heterocycles. The fraction of sp³-hybridized carbons (Fsp3) is 0.615. The number of aryl methyl sites for hydroxylation is 1. The molecule has 0 spiro atoms. The van der Waals surface area contributed by atoms with Crippen molar-refractivity contribution in [2.24, 2.45) is 0 Å². The van der Waals surface area contributed by atoms with Gasteiger partial charge in [0.2, 0.25) is 0 Å². The molecule has 0 unspecified atom stereocenters. The van der Waals surface area contributed by atoms with Gasteiger partial charge in [-0.15, -0.1) is 0 Å². The predicted octanol–water partition coefficient (Wildman–Crippen LogP) is 2.93. The van der Waals surface area contributed by atoms with Gasteiger partial charge in [0.15, 0.2) is 0 Å². The first kappa shape index (κ1) is 14.5. The molecule has 0 aliphatic rings. The summed E-state index contributed by atoms with van der Waals surface area (Å²) in [4.78, 5) is 9.01. The van der Waals surface area contributed by atoms with Gasteiger partial charge in [0.05, 0.1) is 4.47 Å². The summed E-state index contributed by atoms with van der Waals surface area (Å²) in [5, 5.41) is 0. The molecular formula is C13H22BrN3. The summed E-state index contributed by atoms with van der Waals surface area (Å²) in [6.07, 6.45) is 3.03. The Balaban J connectivity index is 2.69. The molecule has 0 fully saturated rings. The Morgan fingerprint density at radius 2 is 2.00 bits per heavy atom. The van der Waals surface area contributed by atoms with Gasteiger partial charge in [0.25, 0.3) is 0 Å². The number of rotatable bonds is 6. The second-order valence-electron chi connectivity index (χ2n) is 4.50. The van der Waals surface area contributed by atoms with Gasteiger partial charge in [0, 0.05) is 19.3 Å². The maximum absolute atomic E-state index is 4.47. The van der Waals surface area contributed by atoms with Crippen LogP contribution in [-0.4, -0.2) is 43.6 Å². The molecular weight excluding hydrogens is 278 g/mol. The van der Waals surface area contributed by atoms with Crippen molar-refractivity contribution in [3.63, 3.8) is 0 Å². The molecule has 1 rings (SSSR count). The quantitative estimate of drug-likeness (QED) is 0.805. The Bertz CT molecular complexity index is 353. The number of halogens is 1. The third-order valence-corrected chi connectivity index (χ3v) is 3.76. The smallest absolute Gasteiger partial charge is 0.143 e. The topological polar surface area (TPSA) is 19.4 Å². The highest BCUT2D eigenvalue weighted by molar-refractivity contribution is 9.10. The molecule has 17 heavy (non-hydrogen) atoms. The van der Waals surface area contributed by atoms with Crippen molar-refractivity contribution in [3.05, 3.63) is 22.3 Å².